The Morgan fingerprint density at radius 2 is 1.58 bits per heavy atom. The van der Waals surface area contributed by atoms with Gasteiger partial charge in [0.15, 0.2) is 0 Å². The lowest BCUT2D eigenvalue weighted by atomic mass is 10.1. The molecule has 0 aliphatic carbocycles. The number of rotatable bonds is 6. The smallest absolute Gasteiger partial charge is 0.328 e. The van der Waals surface area contributed by atoms with E-state index in [1.165, 1.54) is 12.0 Å². The summed E-state index contributed by atoms with van der Waals surface area (Å²) in [6.07, 6.45) is 0. The minimum absolute atomic E-state index is 0.178. The summed E-state index contributed by atoms with van der Waals surface area (Å²) in [5.74, 6) is -0.616. The van der Waals surface area contributed by atoms with Crippen LogP contribution >= 0.6 is 15.9 Å². The molecule has 0 aliphatic heterocycles. The number of esters is 1. The Morgan fingerprint density at radius 3 is 2.12 bits per heavy atom. The largest absolute Gasteiger partial charge is 0.467 e. The second-order valence-electron chi connectivity index (χ2n) is 5.42. The van der Waals surface area contributed by atoms with Crippen LogP contribution in [0.1, 0.15) is 22.9 Å². The summed E-state index contributed by atoms with van der Waals surface area (Å²) in [6.45, 7) is 2.02. The number of methoxy groups -OCH3 is 1. The molecule has 0 saturated carbocycles. The van der Waals surface area contributed by atoms with Crippen LogP contribution in [0.15, 0.2) is 60.7 Å². The van der Waals surface area contributed by atoms with Crippen molar-refractivity contribution in [2.45, 2.75) is 24.3 Å². The number of nitrogens with zero attached hydrogens (tertiary/aromatic N) is 1. The monoisotopic (exact) mass is 389 g/mol. The molecule has 0 bridgehead atoms. The molecule has 2 aromatic carbocycles. The van der Waals surface area contributed by atoms with E-state index < -0.39 is 16.8 Å². The van der Waals surface area contributed by atoms with Crippen molar-refractivity contribution in [1.82, 2.24) is 4.90 Å². The Bertz CT molecular complexity index is 676. The molecule has 2 aromatic rings. The van der Waals surface area contributed by atoms with Crippen LogP contribution < -0.4 is 0 Å². The summed E-state index contributed by atoms with van der Waals surface area (Å²) in [4.78, 5) is 26.0. The standard InChI is InChI=1S/C19H20BrNO3/c1-14(19(23)24-2)21(13-15-9-5-3-6-10-15)18(22)17(20)16-11-7-4-8-12-16/h3-12,14,17H,13H2,1-2H3/t14-,17?/m0/s1. The van der Waals surface area contributed by atoms with Crippen LogP contribution in [0.4, 0.5) is 0 Å². The summed E-state index contributed by atoms with van der Waals surface area (Å²) >= 11 is 3.46. The van der Waals surface area contributed by atoms with E-state index in [-0.39, 0.29) is 5.91 Å². The quantitative estimate of drug-likeness (QED) is 0.558. The molecule has 1 amide bonds. The van der Waals surface area contributed by atoms with Crippen LogP contribution in [0.3, 0.4) is 0 Å². The van der Waals surface area contributed by atoms with E-state index in [1.54, 1.807) is 6.92 Å². The first-order chi connectivity index (χ1) is 11.5. The number of carbonyl (C=O) groups is 2. The molecule has 2 rings (SSSR count). The fraction of sp³-hybridized carbons (Fsp3) is 0.263. The zero-order valence-electron chi connectivity index (χ0n) is 13.7. The highest BCUT2D eigenvalue weighted by Crippen LogP contribution is 2.27. The maximum atomic E-state index is 13.0. The van der Waals surface area contributed by atoms with E-state index in [0.29, 0.717) is 6.54 Å². The first-order valence-corrected chi connectivity index (χ1v) is 8.57. The molecule has 0 fully saturated rings. The van der Waals surface area contributed by atoms with Crippen molar-refractivity contribution >= 4 is 27.8 Å². The van der Waals surface area contributed by atoms with Crippen molar-refractivity contribution in [1.29, 1.82) is 0 Å². The molecule has 5 heteroatoms. The van der Waals surface area contributed by atoms with Crippen molar-refractivity contribution in [2.24, 2.45) is 0 Å². The molecule has 126 valence electrons. The topological polar surface area (TPSA) is 46.6 Å². The summed E-state index contributed by atoms with van der Waals surface area (Å²) in [6, 6.07) is 18.3. The minimum atomic E-state index is -0.675. The van der Waals surface area contributed by atoms with E-state index >= 15 is 0 Å². The van der Waals surface area contributed by atoms with Gasteiger partial charge in [0.1, 0.15) is 10.9 Å². The number of hydrogen-bond acceptors (Lipinski definition) is 3. The summed E-state index contributed by atoms with van der Waals surface area (Å²) in [5.41, 5.74) is 1.80. The van der Waals surface area contributed by atoms with Crippen molar-refractivity contribution in [3.63, 3.8) is 0 Å². The highest BCUT2D eigenvalue weighted by molar-refractivity contribution is 9.09. The van der Waals surface area contributed by atoms with E-state index in [4.69, 9.17) is 4.74 Å². The molecular weight excluding hydrogens is 370 g/mol. The fourth-order valence-corrected chi connectivity index (χ4v) is 2.96. The number of benzene rings is 2. The summed E-state index contributed by atoms with van der Waals surface area (Å²) < 4.78 is 4.82. The number of hydrogen-bond donors (Lipinski definition) is 0. The molecule has 0 radical (unpaired) electrons. The Morgan fingerprint density at radius 1 is 1.04 bits per heavy atom. The normalized spacial score (nSPS) is 13.0. The van der Waals surface area contributed by atoms with Gasteiger partial charge >= 0.3 is 5.97 Å². The van der Waals surface area contributed by atoms with Crippen LogP contribution in [0.5, 0.6) is 0 Å². The van der Waals surface area contributed by atoms with Gasteiger partial charge in [-0.1, -0.05) is 76.6 Å². The molecule has 0 heterocycles. The van der Waals surface area contributed by atoms with Crippen LogP contribution in [0.2, 0.25) is 0 Å². The summed E-state index contributed by atoms with van der Waals surface area (Å²) in [7, 11) is 1.33. The van der Waals surface area contributed by atoms with Crippen LogP contribution in [-0.4, -0.2) is 29.9 Å². The molecule has 24 heavy (non-hydrogen) atoms. The van der Waals surface area contributed by atoms with Gasteiger partial charge in [0, 0.05) is 6.54 Å². The average molecular weight is 390 g/mol. The Hall–Kier alpha value is -2.14. The van der Waals surface area contributed by atoms with E-state index in [1.807, 2.05) is 60.7 Å². The number of ether oxygens (including phenoxy) is 1. The number of amides is 1. The van der Waals surface area contributed by atoms with Gasteiger partial charge in [0.25, 0.3) is 0 Å². The molecule has 2 atom stereocenters. The molecule has 0 spiro atoms. The lowest BCUT2D eigenvalue weighted by Gasteiger charge is -2.29. The third-order valence-electron chi connectivity index (χ3n) is 3.80. The second-order valence-corrected chi connectivity index (χ2v) is 6.34. The molecule has 0 saturated heterocycles. The molecule has 0 aliphatic rings. The van der Waals surface area contributed by atoms with Gasteiger partial charge in [-0.15, -0.1) is 0 Å². The van der Waals surface area contributed by atoms with Crippen molar-refractivity contribution < 1.29 is 14.3 Å². The molecule has 4 nitrogen and oxygen atoms in total. The SMILES string of the molecule is COC(=O)[C@H](C)N(Cc1ccccc1)C(=O)C(Br)c1ccccc1. The highest BCUT2D eigenvalue weighted by atomic mass is 79.9. The Labute approximate surface area is 150 Å². The zero-order chi connectivity index (χ0) is 17.5. The van der Waals surface area contributed by atoms with Crippen molar-refractivity contribution in [3.05, 3.63) is 71.8 Å². The van der Waals surface area contributed by atoms with E-state index in [9.17, 15) is 9.59 Å². The third-order valence-corrected chi connectivity index (χ3v) is 4.72. The number of carbonyl (C=O) groups excluding carboxylic acids is 2. The third kappa shape index (κ3) is 4.45. The highest BCUT2D eigenvalue weighted by Gasteiger charge is 2.31. The maximum absolute atomic E-state index is 13.0. The fourth-order valence-electron chi connectivity index (χ4n) is 2.39. The predicted octanol–water partition coefficient (Wildman–Crippen LogP) is 3.71. The summed E-state index contributed by atoms with van der Waals surface area (Å²) in [5, 5.41) is 0. The van der Waals surface area contributed by atoms with Crippen molar-refractivity contribution in [2.75, 3.05) is 7.11 Å². The van der Waals surface area contributed by atoms with Gasteiger partial charge in [-0.05, 0) is 18.1 Å². The molecule has 0 aromatic heterocycles. The van der Waals surface area contributed by atoms with Crippen LogP contribution in [0.25, 0.3) is 0 Å². The predicted molar refractivity (Wildman–Crippen MR) is 96.6 cm³/mol. The van der Waals surface area contributed by atoms with Gasteiger partial charge in [-0.25, -0.2) is 4.79 Å². The average Bonchev–Trinajstić information content (AvgIpc) is 2.65. The van der Waals surface area contributed by atoms with Crippen LogP contribution in [0, 0.1) is 0 Å². The molecular formula is C19H20BrNO3. The maximum Gasteiger partial charge on any atom is 0.328 e. The van der Waals surface area contributed by atoms with Gasteiger partial charge in [-0.2, -0.15) is 0 Å². The molecule has 0 N–H and O–H groups in total. The van der Waals surface area contributed by atoms with Gasteiger partial charge in [-0.3, -0.25) is 4.79 Å². The Kier molecular flexibility index (Phi) is 6.55. The first kappa shape index (κ1) is 18.2. The van der Waals surface area contributed by atoms with Crippen molar-refractivity contribution in [3.8, 4) is 0 Å². The minimum Gasteiger partial charge on any atom is -0.467 e. The second kappa shape index (κ2) is 8.64. The van der Waals surface area contributed by atoms with E-state index in [2.05, 4.69) is 15.9 Å². The number of halogens is 1. The number of alkyl halides is 1. The first-order valence-electron chi connectivity index (χ1n) is 7.66. The van der Waals surface area contributed by atoms with Crippen LogP contribution in [-0.2, 0) is 20.9 Å². The lowest BCUT2D eigenvalue weighted by Crippen LogP contribution is -2.44. The van der Waals surface area contributed by atoms with E-state index in [0.717, 1.165) is 11.1 Å². The van der Waals surface area contributed by atoms with Gasteiger partial charge in [0.05, 0.1) is 7.11 Å². The lowest BCUT2D eigenvalue weighted by molar-refractivity contribution is -0.152. The zero-order valence-corrected chi connectivity index (χ0v) is 15.3. The molecule has 1 unspecified atom stereocenters. The Balaban J connectivity index is 2.27. The van der Waals surface area contributed by atoms with Gasteiger partial charge in [0.2, 0.25) is 5.91 Å². The van der Waals surface area contributed by atoms with Gasteiger partial charge < -0.3 is 9.64 Å².